The molecule has 1 saturated heterocycles. The monoisotopic (exact) mass is 365 g/mol. The van der Waals surface area contributed by atoms with Crippen LogP contribution in [0.1, 0.15) is 36.0 Å². The van der Waals surface area contributed by atoms with Gasteiger partial charge in [-0.15, -0.1) is 0 Å². The number of amides is 1. The largest absolute Gasteiger partial charge is 0.396 e. The van der Waals surface area contributed by atoms with Crippen LogP contribution in [0.4, 0.5) is 0 Å². The van der Waals surface area contributed by atoms with Gasteiger partial charge in [-0.1, -0.05) is 15.9 Å². The summed E-state index contributed by atoms with van der Waals surface area (Å²) in [5.41, 5.74) is 0.554. The third-order valence-corrected chi connectivity index (χ3v) is 4.41. The van der Waals surface area contributed by atoms with Gasteiger partial charge in [-0.25, -0.2) is 0 Å². The highest BCUT2D eigenvalue weighted by Crippen LogP contribution is 2.20. The van der Waals surface area contributed by atoms with E-state index in [1.807, 2.05) is 0 Å². The normalized spacial score (nSPS) is 18.6. The number of likely N-dealkylation sites (tertiary alicyclic amines) is 1. The Morgan fingerprint density at radius 1 is 1.23 bits per heavy atom. The molecule has 0 aliphatic carbocycles. The van der Waals surface area contributed by atoms with E-state index in [9.17, 15) is 9.59 Å². The predicted molar refractivity (Wildman–Crippen MR) is 88.7 cm³/mol. The topological polar surface area (TPSA) is 57.6 Å². The number of halogens is 1. The first-order valence-electron chi connectivity index (χ1n) is 7.51. The number of aliphatic hydroxyl groups is 1. The number of rotatable bonds is 5. The number of piperidine rings is 1. The highest BCUT2D eigenvalue weighted by molar-refractivity contribution is 9.10. The number of nitrogens with zero attached hydrogens (tertiary/aromatic N) is 1. The van der Waals surface area contributed by atoms with Crippen LogP contribution in [0, 0.1) is 0 Å². The summed E-state index contributed by atoms with van der Waals surface area (Å²) in [6.45, 7) is 0.774. The molecule has 1 aliphatic rings. The van der Waals surface area contributed by atoms with Crippen molar-refractivity contribution in [2.75, 3.05) is 13.2 Å². The van der Waals surface area contributed by atoms with E-state index in [1.165, 1.54) is 12.2 Å². The number of carbonyl (C=O) groups is 2. The summed E-state index contributed by atoms with van der Waals surface area (Å²) in [5.74, 6) is -0.333. The van der Waals surface area contributed by atoms with Crippen molar-refractivity contribution < 1.29 is 14.7 Å². The molecule has 1 aromatic rings. The minimum Gasteiger partial charge on any atom is -0.396 e. The molecule has 0 radical (unpaired) electrons. The fourth-order valence-electron chi connectivity index (χ4n) is 2.69. The average molecular weight is 366 g/mol. The maximum atomic E-state index is 12.3. The molecular formula is C17H20BrNO3. The molecule has 1 atom stereocenters. The lowest BCUT2D eigenvalue weighted by molar-refractivity contribution is -0.129. The fraction of sp³-hybridized carbons (Fsp3) is 0.412. The number of ketones is 1. The molecule has 4 nitrogen and oxygen atoms in total. The van der Waals surface area contributed by atoms with Gasteiger partial charge in [-0.3, -0.25) is 9.59 Å². The summed E-state index contributed by atoms with van der Waals surface area (Å²) in [7, 11) is 0. The summed E-state index contributed by atoms with van der Waals surface area (Å²) in [4.78, 5) is 26.1. The number of aliphatic hydroxyl groups excluding tert-OH is 1. The Morgan fingerprint density at radius 3 is 2.64 bits per heavy atom. The van der Waals surface area contributed by atoms with Crippen LogP contribution in [0.3, 0.4) is 0 Å². The molecule has 1 heterocycles. The molecule has 0 bridgehead atoms. The van der Waals surface area contributed by atoms with E-state index in [4.69, 9.17) is 5.11 Å². The number of benzene rings is 1. The molecule has 0 saturated carbocycles. The zero-order valence-corrected chi connectivity index (χ0v) is 14.0. The molecule has 1 amide bonds. The van der Waals surface area contributed by atoms with Crippen LogP contribution in [0.25, 0.3) is 0 Å². The zero-order valence-electron chi connectivity index (χ0n) is 12.4. The SMILES string of the molecule is O=C(/C=C/C(=O)N1CCCCC1CCO)c1ccc(Br)cc1. The molecule has 1 N–H and O–H groups in total. The Hall–Kier alpha value is -1.46. The summed E-state index contributed by atoms with van der Waals surface area (Å²) in [6.07, 6.45) is 6.25. The van der Waals surface area contributed by atoms with Gasteiger partial charge >= 0.3 is 0 Å². The van der Waals surface area contributed by atoms with E-state index in [0.29, 0.717) is 18.5 Å². The summed E-state index contributed by atoms with van der Waals surface area (Å²) in [5, 5.41) is 9.09. The van der Waals surface area contributed by atoms with Gasteiger partial charge in [0, 0.05) is 35.3 Å². The average Bonchev–Trinajstić information content (AvgIpc) is 2.54. The van der Waals surface area contributed by atoms with Gasteiger partial charge in [0.2, 0.25) is 5.91 Å². The second-order valence-corrected chi connectivity index (χ2v) is 6.31. The Morgan fingerprint density at radius 2 is 1.95 bits per heavy atom. The third kappa shape index (κ3) is 4.52. The number of hydrogen-bond donors (Lipinski definition) is 1. The predicted octanol–water partition coefficient (Wildman–Crippen LogP) is 2.95. The van der Waals surface area contributed by atoms with Crippen molar-refractivity contribution in [3.63, 3.8) is 0 Å². The molecule has 1 aliphatic heterocycles. The molecule has 0 aromatic heterocycles. The van der Waals surface area contributed by atoms with E-state index in [-0.39, 0.29) is 24.3 Å². The second-order valence-electron chi connectivity index (χ2n) is 5.40. The molecule has 22 heavy (non-hydrogen) atoms. The maximum absolute atomic E-state index is 12.3. The van der Waals surface area contributed by atoms with Crippen LogP contribution in [-0.2, 0) is 4.79 Å². The molecule has 1 unspecified atom stereocenters. The van der Waals surface area contributed by atoms with Gasteiger partial charge in [-0.05, 0) is 56.0 Å². The first-order valence-corrected chi connectivity index (χ1v) is 8.30. The Labute approximate surface area is 138 Å². The summed E-state index contributed by atoms with van der Waals surface area (Å²) >= 11 is 3.32. The molecule has 1 fully saturated rings. The van der Waals surface area contributed by atoms with E-state index in [2.05, 4.69) is 15.9 Å². The molecular weight excluding hydrogens is 346 g/mol. The van der Waals surface area contributed by atoms with Crippen LogP contribution >= 0.6 is 15.9 Å². The molecule has 2 rings (SSSR count). The van der Waals surface area contributed by atoms with Crippen LogP contribution < -0.4 is 0 Å². The van der Waals surface area contributed by atoms with Gasteiger partial charge in [0.25, 0.3) is 0 Å². The lowest BCUT2D eigenvalue weighted by Gasteiger charge is -2.34. The van der Waals surface area contributed by atoms with Crippen molar-refractivity contribution in [3.8, 4) is 0 Å². The number of allylic oxidation sites excluding steroid dienone is 1. The fourth-order valence-corrected chi connectivity index (χ4v) is 2.96. The van der Waals surface area contributed by atoms with Crippen molar-refractivity contribution in [1.82, 2.24) is 4.90 Å². The molecule has 0 spiro atoms. The van der Waals surface area contributed by atoms with E-state index in [1.54, 1.807) is 29.2 Å². The van der Waals surface area contributed by atoms with Gasteiger partial charge in [0.1, 0.15) is 0 Å². The van der Waals surface area contributed by atoms with E-state index >= 15 is 0 Å². The van der Waals surface area contributed by atoms with E-state index in [0.717, 1.165) is 23.7 Å². The quantitative estimate of drug-likeness (QED) is 0.644. The van der Waals surface area contributed by atoms with Gasteiger partial charge < -0.3 is 10.0 Å². The van der Waals surface area contributed by atoms with E-state index < -0.39 is 0 Å². The first kappa shape index (κ1) is 16.9. The standard InChI is InChI=1S/C17H20BrNO3/c18-14-6-4-13(5-7-14)16(21)8-9-17(22)19-11-2-1-3-15(19)10-12-20/h4-9,15,20H,1-3,10-12H2/b9-8+. The van der Waals surface area contributed by atoms with Crippen LogP contribution in [0.2, 0.25) is 0 Å². The van der Waals surface area contributed by atoms with Crippen molar-refractivity contribution in [2.45, 2.75) is 31.7 Å². The maximum Gasteiger partial charge on any atom is 0.246 e. The van der Waals surface area contributed by atoms with Gasteiger partial charge in [-0.2, -0.15) is 0 Å². The lowest BCUT2D eigenvalue weighted by Crippen LogP contribution is -2.43. The molecule has 5 heteroatoms. The van der Waals surface area contributed by atoms with Crippen LogP contribution in [-0.4, -0.2) is 40.9 Å². The third-order valence-electron chi connectivity index (χ3n) is 3.88. The Kier molecular flexibility index (Phi) is 6.34. The van der Waals surface area contributed by atoms with Crippen LogP contribution in [0.15, 0.2) is 40.9 Å². The summed E-state index contributed by atoms with van der Waals surface area (Å²) < 4.78 is 0.907. The Bertz CT molecular complexity index is 552. The zero-order chi connectivity index (χ0) is 15.9. The number of carbonyl (C=O) groups excluding carboxylic acids is 2. The summed E-state index contributed by atoms with van der Waals surface area (Å²) in [6, 6.07) is 7.11. The smallest absolute Gasteiger partial charge is 0.246 e. The highest BCUT2D eigenvalue weighted by atomic mass is 79.9. The van der Waals surface area contributed by atoms with Crippen LogP contribution in [0.5, 0.6) is 0 Å². The second kappa shape index (κ2) is 8.25. The first-order chi connectivity index (χ1) is 10.6. The van der Waals surface area contributed by atoms with Crippen molar-refractivity contribution in [1.29, 1.82) is 0 Å². The van der Waals surface area contributed by atoms with Crippen molar-refractivity contribution in [3.05, 3.63) is 46.5 Å². The van der Waals surface area contributed by atoms with Gasteiger partial charge in [0.05, 0.1) is 0 Å². The Balaban J connectivity index is 2.00. The minimum atomic E-state index is -0.184. The highest BCUT2D eigenvalue weighted by Gasteiger charge is 2.24. The minimum absolute atomic E-state index is 0.0793. The number of hydrogen-bond acceptors (Lipinski definition) is 3. The molecule has 118 valence electrons. The lowest BCUT2D eigenvalue weighted by atomic mass is 9.99. The van der Waals surface area contributed by atoms with Crippen molar-refractivity contribution in [2.24, 2.45) is 0 Å². The molecule has 1 aromatic carbocycles. The van der Waals surface area contributed by atoms with Gasteiger partial charge in [0.15, 0.2) is 5.78 Å². The van der Waals surface area contributed by atoms with Crippen molar-refractivity contribution >= 4 is 27.6 Å².